The molecule has 1 heteroatoms. The maximum Gasteiger partial charge on any atom is 0.00550 e. The summed E-state index contributed by atoms with van der Waals surface area (Å²) in [5, 5.41) is 2.84. The molecule has 2 aromatic rings. The zero-order valence-corrected chi connectivity index (χ0v) is 15.8. The van der Waals surface area contributed by atoms with Crippen molar-refractivity contribution in [3.05, 3.63) is 75.3 Å². The Hall–Kier alpha value is -1.60. The molecule has 0 heterocycles. The van der Waals surface area contributed by atoms with Gasteiger partial charge in [-0.2, -0.15) is 0 Å². The number of halogens is 1. The molecule has 0 amide bonds. The van der Waals surface area contributed by atoms with E-state index >= 15 is 0 Å². The molecule has 2 aliphatic carbocycles. The van der Waals surface area contributed by atoms with Gasteiger partial charge in [0.25, 0.3) is 0 Å². The second kappa shape index (κ2) is 6.72. The van der Waals surface area contributed by atoms with Crippen molar-refractivity contribution in [1.82, 2.24) is 0 Å². The molecule has 2 aliphatic rings. The number of aryl methyl sites for hydroxylation is 1. The molecule has 0 saturated heterocycles. The standard InChI is InChI=1S/C23H23Br/c1-2-19(16-11-13-18(24)14-12-16)23-15-17-7-3-4-8-20(17)21-9-5-6-10-22(21)23/h3-4,6-8,10-11,13,15,19H,2,5,9,12,14H2,1H3. The number of hydrogen-bond donors (Lipinski definition) is 0. The maximum atomic E-state index is 3.64. The number of rotatable bonds is 3. The predicted molar refractivity (Wildman–Crippen MR) is 109 cm³/mol. The van der Waals surface area contributed by atoms with Crippen molar-refractivity contribution in [3.63, 3.8) is 0 Å². The maximum absolute atomic E-state index is 3.64. The predicted octanol–water partition coefficient (Wildman–Crippen LogP) is 7.29. The average molecular weight is 379 g/mol. The quantitative estimate of drug-likeness (QED) is 0.525. The Morgan fingerprint density at radius 1 is 1.08 bits per heavy atom. The van der Waals surface area contributed by atoms with E-state index in [0.29, 0.717) is 5.92 Å². The summed E-state index contributed by atoms with van der Waals surface area (Å²) < 4.78 is 1.32. The van der Waals surface area contributed by atoms with Gasteiger partial charge in [0.2, 0.25) is 0 Å². The van der Waals surface area contributed by atoms with E-state index in [-0.39, 0.29) is 0 Å². The Balaban J connectivity index is 1.91. The zero-order valence-electron chi connectivity index (χ0n) is 14.2. The van der Waals surface area contributed by atoms with Crippen LogP contribution in [0.2, 0.25) is 0 Å². The molecule has 0 radical (unpaired) electrons. The monoisotopic (exact) mass is 378 g/mol. The lowest BCUT2D eigenvalue weighted by Gasteiger charge is -2.27. The van der Waals surface area contributed by atoms with E-state index in [9.17, 15) is 0 Å². The molecular formula is C23H23Br. The minimum absolute atomic E-state index is 0.531. The van der Waals surface area contributed by atoms with E-state index in [1.54, 1.807) is 11.1 Å². The lowest BCUT2D eigenvalue weighted by molar-refractivity contribution is 0.708. The van der Waals surface area contributed by atoms with Crippen molar-refractivity contribution in [1.29, 1.82) is 0 Å². The van der Waals surface area contributed by atoms with Gasteiger partial charge in [-0.15, -0.1) is 0 Å². The van der Waals surface area contributed by atoms with Crippen LogP contribution in [0, 0.1) is 0 Å². The fraction of sp³-hybridized carbons (Fsp3) is 0.304. The molecule has 0 fully saturated rings. The zero-order chi connectivity index (χ0) is 16.5. The van der Waals surface area contributed by atoms with Crippen molar-refractivity contribution >= 4 is 32.8 Å². The molecule has 1 unspecified atom stereocenters. The second-order valence-electron chi connectivity index (χ2n) is 6.84. The first-order valence-corrected chi connectivity index (χ1v) is 9.83. The van der Waals surface area contributed by atoms with Gasteiger partial charge in [0.1, 0.15) is 0 Å². The second-order valence-corrected chi connectivity index (χ2v) is 7.85. The van der Waals surface area contributed by atoms with Crippen molar-refractivity contribution in [2.75, 3.05) is 0 Å². The largest absolute Gasteiger partial charge is 0.0836 e. The van der Waals surface area contributed by atoms with E-state index in [4.69, 9.17) is 0 Å². The first kappa shape index (κ1) is 15.9. The molecular weight excluding hydrogens is 356 g/mol. The highest BCUT2D eigenvalue weighted by Gasteiger charge is 2.22. The molecule has 1 atom stereocenters. The summed E-state index contributed by atoms with van der Waals surface area (Å²) in [5.74, 6) is 0.531. The van der Waals surface area contributed by atoms with Crippen LogP contribution in [0.3, 0.4) is 0 Å². The number of allylic oxidation sites excluding steroid dienone is 5. The summed E-state index contributed by atoms with van der Waals surface area (Å²) >= 11 is 3.64. The number of benzene rings is 2. The van der Waals surface area contributed by atoms with Gasteiger partial charge in [0.05, 0.1) is 0 Å². The summed E-state index contributed by atoms with van der Waals surface area (Å²) in [5.41, 5.74) is 6.15. The third kappa shape index (κ3) is 2.80. The Kier molecular flexibility index (Phi) is 4.45. The van der Waals surface area contributed by atoms with Crippen LogP contribution in [-0.2, 0) is 6.42 Å². The Bertz CT molecular complexity index is 867. The van der Waals surface area contributed by atoms with Gasteiger partial charge >= 0.3 is 0 Å². The molecule has 0 N–H and O–H groups in total. The normalized spacial score (nSPS) is 18.1. The van der Waals surface area contributed by atoms with Crippen LogP contribution in [0.4, 0.5) is 0 Å². The van der Waals surface area contributed by atoms with Crippen LogP contribution in [0.1, 0.15) is 55.2 Å². The summed E-state index contributed by atoms with van der Waals surface area (Å²) in [6.45, 7) is 2.33. The smallest absolute Gasteiger partial charge is 0.00550 e. The van der Waals surface area contributed by atoms with Gasteiger partial charge in [0.15, 0.2) is 0 Å². The van der Waals surface area contributed by atoms with Crippen LogP contribution >= 0.6 is 15.9 Å². The highest BCUT2D eigenvalue weighted by molar-refractivity contribution is 9.11. The van der Waals surface area contributed by atoms with E-state index in [1.165, 1.54) is 39.2 Å². The van der Waals surface area contributed by atoms with Gasteiger partial charge in [-0.1, -0.05) is 77.0 Å². The Morgan fingerprint density at radius 2 is 1.96 bits per heavy atom. The van der Waals surface area contributed by atoms with Crippen LogP contribution in [0.15, 0.2) is 58.6 Å². The first-order valence-electron chi connectivity index (χ1n) is 9.04. The van der Waals surface area contributed by atoms with Crippen molar-refractivity contribution in [2.45, 2.75) is 44.9 Å². The summed E-state index contributed by atoms with van der Waals surface area (Å²) in [6.07, 6.45) is 15.1. The van der Waals surface area contributed by atoms with E-state index in [2.05, 4.69) is 77.5 Å². The van der Waals surface area contributed by atoms with Crippen molar-refractivity contribution < 1.29 is 0 Å². The average Bonchev–Trinajstić information content (AvgIpc) is 2.64. The van der Waals surface area contributed by atoms with Gasteiger partial charge in [0, 0.05) is 5.92 Å². The van der Waals surface area contributed by atoms with Crippen LogP contribution in [-0.4, -0.2) is 0 Å². The minimum Gasteiger partial charge on any atom is -0.0836 e. The summed E-state index contributed by atoms with van der Waals surface area (Å²) in [6, 6.07) is 11.3. The van der Waals surface area contributed by atoms with E-state index in [1.807, 2.05) is 0 Å². The minimum atomic E-state index is 0.531. The fourth-order valence-corrected chi connectivity index (χ4v) is 4.58. The molecule has 24 heavy (non-hydrogen) atoms. The van der Waals surface area contributed by atoms with Gasteiger partial charge in [-0.25, -0.2) is 0 Å². The SMILES string of the molecule is CCC(C1=CC=C(Br)CC1)c1cc2ccccc2c2c1C=CCC2. The molecule has 2 aromatic carbocycles. The van der Waals surface area contributed by atoms with Gasteiger partial charge < -0.3 is 0 Å². The molecule has 122 valence electrons. The summed E-state index contributed by atoms with van der Waals surface area (Å²) in [4.78, 5) is 0. The molecule has 0 aromatic heterocycles. The molecule has 0 bridgehead atoms. The topological polar surface area (TPSA) is 0 Å². The molecule has 0 aliphatic heterocycles. The Morgan fingerprint density at radius 3 is 2.75 bits per heavy atom. The molecule has 4 rings (SSSR count). The van der Waals surface area contributed by atoms with Crippen molar-refractivity contribution in [3.8, 4) is 0 Å². The fourth-order valence-electron chi connectivity index (χ4n) is 4.25. The van der Waals surface area contributed by atoms with Crippen LogP contribution < -0.4 is 0 Å². The van der Waals surface area contributed by atoms with Crippen LogP contribution in [0.5, 0.6) is 0 Å². The lowest BCUT2D eigenvalue weighted by Crippen LogP contribution is -2.09. The van der Waals surface area contributed by atoms with E-state index < -0.39 is 0 Å². The Labute approximate surface area is 153 Å². The molecule has 0 nitrogen and oxygen atoms in total. The van der Waals surface area contributed by atoms with E-state index in [0.717, 1.165) is 19.3 Å². The third-order valence-electron chi connectivity index (χ3n) is 5.44. The molecule has 0 spiro atoms. The number of hydrogen-bond acceptors (Lipinski definition) is 0. The van der Waals surface area contributed by atoms with Crippen molar-refractivity contribution in [2.24, 2.45) is 0 Å². The third-order valence-corrected chi connectivity index (χ3v) is 6.10. The van der Waals surface area contributed by atoms with Crippen LogP contribution in [0.25, 0.3) is 16.8 Å². The summed E-state index contributed by atoms with van der Waals surface area (Å²) in [7, 11) is 0. The number of fused-ring (bicyclic) bond motifs is 3. The highest BCUT2D eigenvalue weighted by Crippen LogP contribution is 2.41. The van der Waals surface area contributed by atoms with Gasteiger partial charge in [-0.05, 0) is 70.1 Å². The first-order chi connectivity index (χ1) is 11.8. The van der Waals surface area contributed by atoms with Gasteiger partial charge in [-0.3, -0.25) is 0 Å². The highest BCUT2D eigenvalue weighted by atomic mass is 79.9. The lowest BCUT2D eigenvalue weighted by atomic mass is 9.78. The molecule has 0 saturated carbocycles.